The molecule has 0 heterocycles. The first-order valence-electron chi connectivity index (χ1n) is 6.59. The molecule has 2 aromatic carbocycles. The van der Waals surface area contributed by atoms with Gasteiger partial charge in [0.05, 0.1) is 17.2 Å². The number of rotatable bonds is 5. The van der Waals surface area contributed by atoms with Crippen molar-refractivity contribution in [2.75, 3.05) is 11.3 Å². The Hall–Kier alpha value is -2.28. The van der Waals surface area contributed by atoms with Gasteiger partial charge >= 0.3 is 0 Å². The van der Waals surface area contributed by atoms with E-state index < -0.39 is 21.6 Å². The molecular formula is C15H16FNO4S. The molecule has 118 valence electrons. The number of ether oxygens (including phenoxy) is 1. The zero-order valence-electron chi connectivity index (χ0n) is 12.1. The van der Waals surface area contributed by atoms with Crippen molar-refractivity contribution >= 4 is 15.7 Å². The Kier molecular flexibility index (Phi) is 4.56. The maximum atomic E-state index is 13.7. The minimum absolute atomic E-state index is 0.0174. The summed E-state index contributed by atoms with van der Waals surface area (Å²) in [5.41, 5.74) is 0.340. The highest BCUT2D eigenvalue weighted by Crippen LogP contribution is 2.27. The third-order valence-corrected chi connectivity index (χ3v) is 4.34. The number of anilines is 1. The summed E-state index contributed by atoms with van der Waals surface area (Å²) < 4.78 is 45.7. The number of halogens is 1. The number of aryl methyl sites for hydroxylation is 1. The van der Waals surface area contributed by atoms with Gasteiger partial charge < -0.3 is 9.84 Å². The highest BCUT2D eigenvalue weighted by atomic mass is 32.2. The zero-order chi connectivity index (χ0) is 16.3. The fourth-order valence-electron chi connectivity index (χ4n) is 1.91. The molecular weight excluding hydrogens is 309 g/mol. The van der Waals surface area contributed by atoms with E-state index in [1.54, 1.807) is 13.0 Å². The summed E-state index contributed by atoms with van der Waals surface area (Å²) in [7, 11) is -3.96. The molecule has 2 rings (SSSR count). The molecule has 5 nitrogen and oxygen atoms in total. The summed E-state index contributed by atoms with van der Waals surface area (Å²) >= 11 is 0. The normalized spacial score (nSPS) is 11.2. The minimum atomic E-state index is -3.96. The van der Waals surface area contributed by atoms with Crippen LogP contribution in [0.15, 0.2) is 41.3 Å². The monoisotopic (exact) mass is 325 g/mol. The number of aromatic hydroxyl groups is 1. The highest BCUT2D eigenvalue weighted by Gasteiger charge is 2.18. The Balaban J connectivity index is 2.35. The predicted octanol–water partition coefficient (Wildman–Crippen LogP) is 3.04. The highest BCUT2D eigenvalue weighted by molar-refractivity contribution is 7.92. The van der Waals surface area contributed by atoms with Crippen molar-refractivity contribution in [2.45, 2.75) is 18.7 Å². The fraction of sp³-hybridized carbons (Fsp3) is 0.200. The first-order valence-corrected chi connectivity index (χ1v) is 8.07. The molecule has 22 heavy (non-hydrogen) atoms. The molecule has 0 saturated heterocycles. The van der Waals surface area contributed by atoms with Gasteiger partial charge in [0, 0.05) is 0 Å². The molecule has 0 fully saturated rings. The van der Waals surface area contributed by atoms with Crippen LogP contribution in [0.25, 0.3) is 0 Å². The largest absolute Gasteiger partial charge is 0.505 e. The SMILES string of the molecule is CCOc1ccc(S(=O)(=O)Nc2cccc(O)c2F)cc1C. The van der Waals surface area contributed by atoms with E-state index >= 15 is 0 Å². The van der Waals surface area contributed by atoms with Crippen molar-refractivity contribution in [3.63, 3.8) is 0 Å². The van der Waals surface area contributed by atoms with Crippen molar-refractivity contribution in [2.24, 2.45) is 0 Å². The second-order valence-electron chi connectivity index (χ2n) is 4.60. The molecule has 0 radical (unpaired) electrons. The number of nitrogens with one attached hydrogen (secondary N) is 1. The zero-order valence-corrected chi connectivity index (χ0v) is 12.9. The lowest BCUT2D eigenvalue weighted by Crippen LogP contribution is -2.14. The smallest absolute Gasteiger partial charge is 0.262 e. The number of phenolic OH excluding ortho intramolecular Hbond substituents is 1. The van der Waals surface area contributed by atoms with E-state index in [2.05, 4.69) is 4.72 Å². The second kappa shape index (κ2) is 6.23. The van der Waals surface area contributed by atoms with Gasteiger partial charge in [0.2, 0.25) is 0 Å². The van der Waals surface area contributed by atoms with Crippen LogP contribution < -0.4 is 9.46 Å². The summed E-state index contributed by atoms with van der Waals surface area (Å²) in [5, 5.41) is 9.28. The predicted molar refractivity (Wildman–Crippen MR) is 81.2 cm³/mol. The van der Waals surface area contributed by atoms with Crippen molar-refractivity contribution in [3.05, 3.63) is 47.8 Å². The quantitative estimate of drug-likeness (QED) is 0.886. The van der Waals surface area contributed by atoms with E-state index in [0.29, 0.717) is 17.9 Å². The molecule has 0 bridgehead atoms. The molecule has 0 saturated carbocycles. The van der Waals surface area contributed by atoms with E-state index in [0.717, 1.165) is 6.07 Å². The minimum Gasteiger partial charge on any atom is -0.505 e. The van der Waals surface area contributed by atoms with E-state index in [4.69, 9.17) is 4.74 Å². The van der Waals surface area contributed by atoms with Gasteiger partial charge in [-0.05, 0) is 49.7 Å². The lowest BCUT2D eigenvalue weighted by Gasteiger charge is -2.12. The molecule has 0 aliphatic rings. The van der Waals surface area contributed by atoms with Crippen LogP contribution in [0.5, 0.6) is 11.5 Å². The van der Waals surface area contributed by atoms with Crippen LogP contribution in [0.1, 0.15) is 12.5 Å². The number of phenols is 1. The van der Waals surface area contributed by atoms with Crippen LogP contribution in [0.2, 0.25) is 0 Å². The van der Waals surface area contributed by atoms with E-state index in [1.165, 1.54) is 24.3 Å². The van der Waals surface area contributed by atoms with Crippen molar-refractivity contribution < 1.29 is 22.7 Å². The van der Waals surface area contributed by atoms with E-state index in [9.17, 15) is 17.9 Å². The number of hydrogen-bond acceptors (Lipinski definition) is 4. The molecule has 0 amide bonds. The Morgan fingerprint density at radius 1 is 1.27 bits per heavy atom. The van der Waals surface area contributed by atoms with Gasteiger partial charge in [0.25, 0.3) is 10.0 Å². The van der Waals surface area contributed by atoms with Crippen LogP contribution in [0.3, 0.4) is 0 Å². The number of benzene rings is 2. The van der Waals surface area contributed by atoms with Crippen molar-refractivity contribution in [1.82, 2.24) is 0 Å². The average molecular weight is 325 g/mol. The van der Waals surface area contributed by atoms with Gasteiger partial charge in [0.15, 0.2) is 11.6 Å². The van der Waals surface area contributed by atoms with Gasteiger partial charge in [-0.25, -0.2) is 12.8 Å². The maximum absolute atomic E-state index is 13.7. The summed E-state index contributed by atoms with van der Waals surface area (Å²) in [6.07, 6.45) is 0. The first-order chi connectivity index (χ1) is 10.3. The second-order valence-corrected chi connectivity index (χ2v) is 6.29. The van der Waals surface area contributed by atoms with Gasteiger partial charge in [0.1, 0.15) is 5.75 Å². The van der Waals surface area contributed by atoms with Crippen LogP contribution in [0, 0.1) is 12.7 Å². The molecule has 0 aliphatic carbocycles. The topological polar surface area (TPSA) is 75.6 Å². The van der Waals surface area contributed by atoms with E-state index in [-0.39, 0.29) is 10.6 Å². The molecule has 0 spiro atoms. The number of sulfonamides is 1. The van der Waals surface area contributed by atoms with E-state index in [1.807, 2.05) is 6.92 Å². The Labute approximate surface area is 128 Å². The standard InChI is InChI=1S/C15H16FNO4S/c1-3-21-14-8-7-11(9-10(14)2)22(19,20)17-12-5-4-6-13(18)15(12)16/h4-9,17-18H,3H2,1-2H3. The van der Waals surface area contributed by atoms with Gasteiger partial charge in [-0.3, -0.25) is 4.72 Å². The Morgan fingerprint density at radius 3 is 2.64 bits per heavy atom. The third-order valence-electron chi connectivity index (χ3n) is 2.98. The summed E-state index contributed by atoms with van der Waals surface area (Å²) in [5.74, 6) is -1.05. The van der Waals surface area contributed by atoms with Crippen LogP contribution >= 0.6 is 0 Å². The lowest BCUT2D eigenvalue weighted by atomic mass is 10.2. The molecule has 2 aromatic rings. The summed E-state index contributed by atoms with van der Waals surface area (Å²) in [4.78, 5) is -0.0174. The Bertz CT molecular complexity index is 790. The summed E-state index contributed by atoms with van der Waals surface area (Å²) in [6.45, 7) is 4.02. The maximum Gasteiger partial charge on any atom is 0.262 e. The lowest BCUT2D eigenvalue weighted by molar-refractivity contribution is 0.337. The molecule has 0 atom stereocenters. The van der Waals surface area contributed by atoms with Gasteiger partial charge in [-0.2, -0.15) is 0 Å². The summed E-state index contributed by atoms with van der Waals surface area (Å²) in [6, 6.07) is 8.07. The average Bonchev–Trinajstić information content (AvgIpc) is 2.46. The molecule has 7 heteroatoms. The van der Waals surface area contributed by atoms with Crippen LogP contribution in [-0.2, 0) is 10.0 Å². The first kappa shape index (κ1) is 16.1. The molecule has 0 aliphatic heterocycles. The van der Waals surface area contributed by atoms with Crippen LogP contribution in [0.4, 0.5) is 10.1 Å². The van der Waals surface area contributed by atoms with Crippen molar-refractivity contribution in [1.29, 1.82) is 0 Å². The third kappa shape index (κ3) is 3.30. The molecule has 2 N–H and O–H groups in total. The molecule has 0 aromatic heterocycles. The van der Waals surface area contributed by atoms with Crippen molar-refractivity contribution in [3.8, 4) is 11.5 Å². The van der Waals surface area contributed by atoms with Gasteiger partial charge in [-0.1, -0.05) is 6.07 Å². The molecule has 0 unspecified atom stereocenters. The Morgan fingerprint density at radius 2 is 2.00 bits per heavy atom. The fourth-order valence-corrected chi connectivity index (χ4v) is 3.05. The number of hydrogen-bond donors (Lipinski definition) is 2. The van der Waals surface area contributed by atoms with Gasteiger partial charge in [-0.15, -0.1) is 0 Å². The van der Waals surface area contributed by atoms with Crippen LogP contribution in [-0.4, -0.2) is 20.1 Å².